The van der Waals surface area contributed by atoms with Crippen LogP contribution in [0.4, 0.5) is 0 Å². The van der Waals surface area contributed by atoms with E-state index in [0.717, 1.165) is 51.2 Å². The standard InChI is InChI=1S/C18H26N2O/c1-14-12-15(2)17-16(13-14)4-5-18(21-17)6-10-20(11-7-18)9-3-8-19/h4-5,12-13H,3,6-11,19H2,1-2H3. The van der Waals surface area contributed by atoms with Gasteiger partial charge in [0.25, 0.3) is 0 Å². The molecule has 2 N–H and O–H groups in total. The van der Waals surface area contributed by atoms with Crippen LogP contribution in [-0.2, 0) is 0 Å². The van der Waals surface area contributed by atoms with Crippen molar-refractivity contribution >= 4 is 6.08 Å². The van der Waals surface area contributed by atoms with Crippen LogP contribution in [-0.4, -0.2) is 36.7 Å². The number of ether oxygens (including phenoxy) is 1. The molecular weight excluding hydrogens is 260 g/mol. The zero-order valence-electron chi connectivity index (χ0n) is 13.2. The van der Waals surface area contributed by atoms with E-state index in [1.165, 1.54) is 16.7 Å². The fourth-order valence-corrected chi connectivity index (χ4v) is 3.47. The molecule has 2 aliphatic rings. The van der Waals surface area contributed by atoms with Crippen LogP contribution in [0, 0.1) is 13.8 Å². The molecule has 1 fully saturated rings. The van der Waals surface area contributed by atoms with E-state index >= 15 is 0 Å². The zero-order valence-corrected chi connectivity index (χ0v) is 13.2. The largest absolute Gasteiger partial charge is 0.482 e. The monoisotopic (exact) mass is 286 g/mol. The Morgan fingerprint density at radius 2 is 2.00 bits per heavy atom. The molecule has 0 unspecified atom stereocenters. The molecule has 0 bridgehead atoms. The lowest BCUT2D eigenvalue weighted by Crippen LogP contribution is -2.48. The van der Waals surface area contributed by atoms with Crippen LogP contribution >= 0.6 is 0 Å². The van der Waals surface area contributed by atoms with Crippen LogP contribution in [0.15, 0.2) is 18.2 Å². The molecule has 3 rings (SSSR count). The van der Waals surface area contributed by atoms with E-state index in [-0.39, 0.29) is 5.60 Å². The van der Waals surface area contributed by atoms with Gasteiger partial charge in [-0.05, 0) is 51.1 Å². The van der Waals surface area contributed by atoms with Crippen molar-refractivity contribution < 1.29 is 4.74 Å². The SMILES string of the molecule is Cc1cc(C)c2c(c1)C=CC1(CCN(CCCN)CC1)O2. The lowest BCUT2D eigenvalue weighted by Gasteiger charge is -2.42. The topological polar surface area (TPSA) is 38.5 Å². The van der Waals surface area contributed by atoms with Crippen molar-refractivity contribution in [2.75, 3.05) is 26.2 Å². The molecular formula is C18H26N2O. The number of aryl methyl sites for hydroxylation is 2. The smallest absolute Gasteiger partial charge is 0.130 e. The predicted molar refractivity (Wildman–Crippen MR) is 87.7 cm³/mol. The highest BCUT2D eigenvalue weighted by Crippen LogP contribution is 2.39. The molecule has 0 amide bonds. The van der Waals surface area contributed by atoms with E-state index in [9.17, 15) is 0 Å². The van der Waals surface area contributed by atoms with Gasteiger partial charge < -0.3 is 15.4 Å². The normalized spacial score (nSPS) is 20.3. The van der Waals surface area contributed by atoms with Gasteiger partial charge in [-0.15, -0.1) is 0 Å². The number of fused-ring (bicyclic) bond motifs is 1. The third kappa shape index (κ3) is 2.99. The molecule has 3 heteroatoms. The summed E-state index contributed by atoms with van der Waals surface area (Å²) in [5.74, 6) is 1.08. The molecule has 1 aromatic rings. The first-order valence-electron chi connectivity index (χ1n) is 8.04. The summed E-state index contributed by atoms with van der Waals surface area (Å²) in [6.07, 6.45) is 7.77. The highest BCUT2D eigenvalue weighted by molar-refractivity contribution is 5.64. The second-order valence-corrected chi connectivity index (χ2v) is 6.48. The Kier molecular flexibility index (Phi) is 4.05. The fraction of sp³-hybridized carbons (Fsp3) is 0.556. The number of likely N-dealkylation sites (tertiary alicyclic amines) is 1. The van der Waals surface area contributed by atoms with Gasteiger partial charge in [-0.2, -0.15) is 0 Å². The Hall–Kier alpha value is -1.32. The number of hydrogen-bond donors (Lipinski definition) is 1. The lowest BCUT2D eigenvalue weighted by molar-refractivity contribution is 0.0381. The summed E-state index contributed by atoms with van der Waals surface area (Å²) >= 11 is 0. The Morgan fingerprint density at radius 3 is 2.71 bits per heavy atom. The molecule has 2 heterocycles. The first kappa shape index (κ1) is 14.6. The van der Waals surface area contributed by atoms with Crippen LogP contribution in [0.25, 0.3) is 6.08 Å². The van der Waals surface area contributed by atoms with E-state index in [1.807, 2.05) is 0 Å². The minimum absolute atomic E-state index is 0.0910. The van der Waals surface area contributed by atoms with E-state index in [4.69, 9.17) is 10.5 Å². The van der Waals surface area contributed by atoms with Crippen molar-refractivity contribution in [1.29, 1.82) is 0 Å². The quantitative estimate of drug-likeness (QED) is 0.928. The van der Waals surface area contributed by atoms with Gasteiger partial charge in [-0.25, -0.2) is 0 Å². The number of piperidine rings is 1. The molecule has 0 radical (unpaired) electrons. The first-order chi connectivity index (χ1) is 10.1. The predicted octanol–water partition coefficient (Wildman–Crippen LogP) is 2.89. The highest BCUT2D eigenvalue weighted by Gasteiger charge is 2.36. The van der Waals surface area contributed by atoms with E-state index in [1.54, 1.807) is 0 Å². The summed E-state index contributed by atoms with van der Waals surface area (Å²) < 4.78 is 6.46. The van der Waals surface area contributed by atoms with Gasteiger partial charge in [0, 0.05) is 31.5 Å². The summed E-state index contributed by atoms with van der Waals surface area (Å²) in [6.45, 7) is 8.39. The van der Waals surface area contributed by atoms with Crippen molar-refractivity contribution in [3.05, 3.63) is 34.9 Å². The van der Waals surface area contributed by atoms with Crippen LogP contribution in [0.1, 0.15) is 36.0 Å². The van der Waals surface area contributed by atoms with Crippen LogP contribution in [0.2, 0.25) is 0 Å². The Bertz CT molecular complexity index is 542. The van der Waals surface area contributed by atoms with Gasteiger partial charge in [0.15, 0.2) is 0 Å². The summed E-state index contributed by atoms with van der Waals surface area (Å²) in [7, 11) is 0. The van der Waals surface area contributed by atoms with Gasteiger partial charge in [-0.1, -0.05) is 17.7 Å². The van der Waals surface area contributed by atoms with Crippen molar-refractivity contribution in [1.82, 2.24) is 4.90 Å². The summed E-state index contributed by atoms with van der Waals surface area (Å²) in [4.78, 5) is 2.51. The number of benzene rings is 1. The van der Waals surface area contributed by atoms with Gasteiger partial charge in [0.1, 0.15) is 11.4 Å². The second kappa shape index (κ2) is 5.82. The average Bonchev–Trinajstić information content (AvgIpc) is 2.48. The average molecular weight is 286 g/mol. The third-order valence-electron chi connectivity index (χ3n) is 4.70. The molecule has 0 aromatic heterocycles. The Morgan fingerprint density at radius 1 is 1.24 bits per heavy atom. The first-order valence-corrected chi connectivity index (χ1v) is 8.04. The molecule has 0 aliphatic carbocycles. The van der Waals surface area contributed by atoms with Crippen molar-refractivity contribution in [3.8, 4) is 5.75 Å². The van der Waals surface area contributed by atoms with E-state index in [2.05, 4.69) is 43.0 Å². The molecule has 1 saturated heterocycles. The summed E-state index contributed by atoms with van der Waals surface area (Å²) in [5, 5.41) is 0. The maximum Gasteiger partial charge on any atom is 0.130 e. The Balaban J connectivity index is 1.73. The van der Waals surface area contributed by atoms with Crippen LogP contribution in [0.5, 0.6) is 5.75 Å². The minimum Gasteiger partial charge on any atom is -0.482 e. The number of nitrogens with zero attached hydrogens (tertiary/aromatic N) is 1. The number of rotatable bonds is 3. The maximum absolute atomic E-state index is 6.46. The molecule has 21 heavy (non-hydrogen) atoms. The summed E-state index contributed by atoms with van der Waals surface area (Å²) in [5.41, 5.74) is 9.28. The number of nitrogens with two attached hydrogens (primary N) is 1. The molecule has 0 saturated carbocycles. The zero-order chi connectivity index (χ0) is 14.9. The van der Waals surface area contributed by atoms with Gasteiger partial charge in [0.2, 0.25) is 0 Å². The van der Waals surface area contributed by atoms with Gasteiger partial charge in [0.05, 0.1) is 0 Å². The fourth-order valence-electron chi connectivity index (χ4n) is 3.47. The van der Waals surface area contributed by atoms with Gasteiger partial charge in [-0.3, -0.25) is 0 Å². The van der Waals surface area contributed by atoms with Crippen molar-refractivity contribution in [2.45, 2.75) is 38.7 Å². The van der Waals surface area contributed by atoms with Gasteiger partial charge >= 0.3 is 0 Å². The van der Waals surface area contributed by atoms with E-state index < -0.39 is 0 Å². The highest BCUT2D eigenvalue weighted by atomic mass is 16.5. The lowest BCUT2D eigenvalue weighted by atomic mass is 9.87. The molecule has 2 aliphatic heterocycles. The molecule has 1 aromatic carbocycles. The van der Waals surface area contributed by atoms with Crippen LogP contribution in [0.3, 0.4) is 0 Å². The minimum atomic E-state index is -0.0910. The third-order valence-corrected chi connectivity index (χ3v) is 4.70. The number of hydrogen-bond acceptors (Lipinski definition) is 3. The molecule has 3 nitrogen and oxygen atoms in total. The molecule has 1 spiro atoms. The summed E-state index contributed by atoms with van der Waals surface area (Å²) in [6, 6.07) is 4.42. The molecule has 114 valence electrons. The van der Waals surface area contributed by atoms with Crippen LogP contribution < -0.4 is 10.5 Å². The maximum atomic E-state index is 6.46. The van der Waals surface area contributed by atoms with Crippen molar-refractivity contribution in [2.24, 2.45) is 5.73 Å². The second-order valence-electron chi connectivity index (χ2n) is 6.48. The molecule has 0 atom stereocenters. The van der Waals surface area contributed by atoms with Crippen molar-refractivity contribution in [3.63, 3.8) is 0 Å². The van der Waals surface area contributed by atoms with E-state index in [0.29, 0.717) is 0 Å². The Labute approximate surface area is 127 Å².